The first-order valence-electron chi connectivity index (χ1n) is 7.74. The van der Waals surface area contributed by atoms with Gasteiger partial charge in [0, 0.05) is 15.1 Å². The van der Waals surface area contributed by atoms with Crippen LogP contribution >= 0.6 is 39.0 Å². The molecule has 0 aliphatic carbocycles. The number of thiophene rings is 1. The quantitative estimate of drug-likeness (QED) is 0.491. The van der Waals surface area contributed by atoms with E-state index in [1.165, 1.54) is 23.1 Å². The Hall–Kier alpha value is -2.09. The number of nitrogens with one attached hydrogen (secondary N) is 2. The van der Waals surface area contributed by atoms with Crippen molar-refractivity contribution in [2.75, 3.05) is 16.4 Å². The number of thioether (sulfide) groups is 1. The van der Waals surface area contributed by atoms with Crippen LogP contribution in [0.15, 0.2) is 75.4 Å². The summed E-state index contributed by atoms with van der Waals surface area (Å²) >= 11 is 6.22. The number of para-hydroxylation sites is 1. The van der Waals surface area contributed by atoms with Crippen molar-refractivity contribution < 1.29 is 9.59 Å². The molecule has 3 rings (SSSR count). The monoisotopic (exact) mass is 446 g/mol. The molecule has 2 aromatic carbocycles. The van der Waals surface area contributed by atoms with Crippen molar-refractivity contribution in [3.8, 4) is 0 Å². The zero-order chi connectivity index (χ0) is 18.4. The van der Waals surface area contributed by atoms with E-state index >= 15 is 0 Å². The van der Waals surface area contributed by atoms with E-state index in [4.69, 9.17) is 0 Å². The van der Waals surface area contributed by atoms with Crippen molar-refractivity contribution in [1.82, 2.24) is 0 Å². The maximum Gasteiger partial charge on any atom is 0.265 e. The first-order valence-corrected chi connectivity index (χ1v) is 10.4. The van der Waals surface area contributed by atoms with Crippen molar-refractivity contribution in [3.05, 3.63) is 75.4 Å². The third kappa shape index (κ3) is 5.20. The van der Waals surface area contributed by atoms with Crippen LogP contribution in [0.2, 0.25) is 0 Å². The smallest absolute Gasteiger partial charge is 0.265 e. The minimum absolute atomic E-state index is 0.0880. The summed E-state index contributed by atoms with van der Waals surface area (Å²) < 4.78 is 0.844. The number of carbonyl (C=O) groups is 2. The number of benzene rings is 2. The lowest BCUT2D eigenvalue weighted by atomic mass is 10.3. The molecule has 132 valence electrons. The van der Waals surface area contributed by atoms with Gasteiger partial charge in [-0.1, -0.05) is 24.3 Å². The minimum Gasteiger partial charge on any atom is -0.324 e. The first-order chi connectivity index (χ1) is 12.6. The molecular weight excluding hydrogens is 432 g/mol. The van der Waals surface area contributed by atoms with Gasteiger partial charge in [-0.25, -0.2) is 0 Å². The van der Waals surface area contributed by atoms with Crippen LogP contribution in [-0.4, -0.2) is 17.6 Å². The third-order valence-corrected chi connectivity index (χ3v) is 5.91. The maximum atomic E-state index is 12.1. The van der Waals surface area contributed by atoms with E-state index < -0.39 is 0 Å². The van der Waals surface area contributed by atoms with Crippen LogP contribution in [0, 0.1) is 0 Å². The standard InChI is InChI=1S/C19H15BrN2O2S2/c20-15-7-1-2-8-16(15)22-18(23)12-26-14-6-3-5-13(11-14)21-19(24)17-9-4-10-25-17/h1-11H,12H2,(H,21,24)(H,22,23). The molecule has 0 unspecified atom stereocenters. The van der Waals surface area contributed by atoms with Gasteiger partial charge >= 0.3 is 0 Å². The SMILES string of the molecule is O=C(CSc1cccc(NC(=O)c2cccs2)c1)Nc1ccccc1Br. The van der Waals surface area contributed by atoms with Crippen LogP contribution in [0.5, 0.6) is 0 Å². The molecule has 7 heteroatoms. The topological polar surface area (TPSA) is 58.2 Å². The summed E-state index contributed by atoms with van der Waals surface area (Å²) in [4.78, 5) is 25.8. The molecule has 0 aliphatic heterocycles. The summed E-state index contributed by atoms with van der Waals surface area (Å²) in [6.07, 6.45) is 0. The fraction of sp³-hybridized carbons (Fsp3) is 0.0526. The third-order valence-electron chi connectivity index (χ3n) is 3.35. The summed E-state index contributed by atoms with van der Waals surface area (Å²) in [5.74, 6) is 0.0627. The predicted octanol–water partition coefficient (Wildman–Crippen LogP) is 5.49. The van der Waals surface area contributed by atoms with Crippen LogP contribution in [0.3, 0.4) is 0 Å². The Morgan fingerprint density at radius 1 is 1.00 bits per heavy atom. The number of carbonyl (C=O) groups excluding carboxylic acids is 2. The van der Waals surface area contributed by atoms with Crippen LogP contribution in [-0.2, 0) is 4.79 Å². The number of amides is 2. The molecule has 1 heterocycles. The average molecular weight is 447 g/mol. The Bertz CT molecular complexity index is 913. The first kappa shape index (κ1) is 18.7. The maximum absolute atomic E-state index is 12.1. The number of rotatable bonds is 6. The van der Waals surface area contributed by atoms with Gasteiger partial charge in [0.1, 0.15) is 0 Å². The highest BCUT2D eigenvalue weighted by Crippen LogP contribution is 2.24. The molecule has 1 aromatic heterocycles. The average Bonchev–Trinajstić information content (AvgIpc) is 3.17. The minimum atomic E-state index is -0.131. The van der Waals surface area contributed by atoms with Crippen LogP contribution in [0.4, 0.5) is 11.4 Å². The van der Waals surface area contributed by atoms with E-state index in [2.05, 4.69) is 26.6 Å². The van der Waals surface area contributed by atoms with Gasteiger partial charge in [-0.2, -0.15) is 0 Å². The summed E-state index contributed by atoms with van der Waals surface area (Å²) in [5.41, 5.74) is 1.45. The Balaban J connectivity index is 1.56. The van der Waals surface area contributed by atoms with Gasteiger partial charge in [-0.15, -0.1) is 23.1 Å². The van der Waals surface area contributed by atoms with Crippen molar-refractivity contribution in [2.24, 2.45) is 0 Å². The molecule has 0 aliphatic rings. The Labute approximate surface area is 168 Å². The van der Waals surface area contributed by atoms with Gasteiger partial charge < -0.3 is 10.6 Å². The van der Waals surface area contributed by atoms with Gasteiger partial charge in [0.15, 0.2) is 0 Å². The van der Waals surface area contributed by atoms with Crippen molar-refractivity contribution in [3.63, 3.8) is 0 Å². The van der Waals surface area contributed by atoms with E-state index in [0.717, 1.165) is 15.1 Å². The fourth-order valence-corrected chi connectivity index (χ4v) is 3.92. The van der Waals surface area contributed by atoms with E-state index in [0.29, 0.717) is 10.6 Å². The summed E-state index contributed by atoms with van der Waals surface area (Å²) in [6, 6.07) is 18.6. The zero-order valence-corrected chi connectivity index (χ0v) is 16.8. The summed E-state index contributed by atoms with van der Waals surface area (Å²) in [7, 11) is 0. The largest absolute Gasteiger partial charge is 0.324 e. The molecule has 0 fully saturated rings. The van der Waals surface area contributed by atoms with Gasteiger partial charge in [0.25, 0.3) is 5.91 Å². The fourth-order valence-electron chi connectivity index (χ4n) is 2.16. The number of halogens is 1. The molecule has 0 spiro atoms. The van der Waals surface area contributed by atoms with Crippen LogP contribution in [0.25, 0.3) is 0 Å². The van der Waals surface area contributed by atoms with E-state index in [1.54, 1.807) is 6.07 Å². The van der Waals surface area contributed by atoms with Crippen molar-refractivity contribution in [1.29, 1.82) is 0 Å². The second kappa shape index (κ2) is 9.02. The Kier molecular flexibility index (Phi) is 6.49. The lowest BCUT2D eigenvalue weighted by Gasteiger charge is -2.08. The highest BCUT2D eigenvalue weighted by molar-refractivity contribution is 9.10. The van der Waals surface area contributed by atoms with Crippen molar-refractivity contribution in [2.45, 2.75) is 4.90 Å². The van der Waals surface area contributed by atoms with Gasteiger partial charge in [-0.3, -0.25) is 9.59 Å². The molecule has 0 atom stereocenters. The Morgan fingerprint density at radius 3 is 2.62 bits per heavy atom. The molecule has 2 amide bonds. The second-order valence-electron chi connectivity index (χ2n) is 5.28. The normalized spacial score (nSPS) is 10.3. The lowest BCUT2D eigenvalue weighted by Crippen LogP contribution is -2.14. The van der Waals surface area contributed by atoms with Crippen LogP contribution in [0.1, 0.15) is 9.67 Å². The van der Waals surface area contributed by atoms with E-state index in [9.17, 15) is 9.59 Å². The molecule has 4 nitrogen and oxygen atoms in total. The van der Waals surface area contributed by atoms with E-state index in [-0.39, 0.29) is 17.6 Å². The van der Waals surface area contributed by atoms with Gasteiger partial charge in [0.05, 0.1) is 16.3 Å². The summed E-state index contributed by atoms with van der Waals surface area (Å²) in [6.45, 7) is 0. The highest BCUT2D eigenvalue weighted by Gasteiger charge is 2.09. The molecule has 0 bridgehead atoms. The van der Waals surface area contributed by atoms with Gasteiger partial charge in [0.2, 0.25) is 5.91 Å². The zero-order valence-electron chi connectivity index (χ0n) is 13.6. The Morgan fingerprint density at radius 2 is 1.85 bits per heavy atom. The molecule has 2 N–H and O–H groups in total. The molecule has 0 saturated carbocycles. The van der Waals surface area contributed by atoms with E-state index in [1.807, 2.05) is 60.0 Å². The predicted molar refractivity (Wildman–Crippen MR) is 112 cm³/mol. The number of hydrogen-bond acceptors (Lipinski definition) is 4. The number of hydrogen-bond donors (Lipinski definition) is 2. The molecule has 0 saturated heterocycles. The van der Waals surface area contributed by atoms with Gasteiger partial charge in [-0.05, 0) is 57.7 Å². The summed E-state index contributed by atoms with van der Waals surface area (Å²) in [5, 5.41) is 7.61. The second-order valence-corrected chi connectivity index (χ2v) is 8.13. The van der Waals surface area contributed by atoms with Crippen molar-refractivity contribution >= 4 is 62.2 Å². The molecular formula is C19H15BrN2O2S2. The van der Waals surface area contributed by atoms with Crippen LogP contribution < -0.4 is 10.6 Å². The highest BCUT2D eigenvalue weighted by atomic mass is 79.9. The molecule has 0 radical (unpaired) electrons. The lowest BCUT2D eigenvalue weighted by molar-refractivity contribution is -0.113. The molecule has 26 heavy (non-hydrogen) atoms. The number of anilines is 2. The molecule has 3 aromatic rings.